The van der Waals surface area contributed by atoms with Crippen molar-refractivity contribution in [3.05, 3.63) is 131 Å². The Hall–Kier alpha value is -5.45. The highest BCUT2D eigenvalue weighted by molar-refractivity contribution is 6.44. The number of aryl methyl sites for hydroxylation is 3. The van der Waals surface area contributed by atoms with E-state index >= 15 is 0 Å². The highest BCUT2D eigenvalue weighted by Gasteiger charge is 2.32. The molecule has 14 nitrogen and oxygen atoms in total. The summed E-state index contributed by atoms with van der Waals surface area (Å²) in [5.41, 5.74) is 6.78. The van der Waals surface area contributed by atoms with Gasteiger partial charge in [0.25, 0.3) is 23.6 Å². The lowest BCUT2D eigenvalue weighted by atomic mass is 10.1. The van der Waals surface area contributed by atoms with Crippen LogP contribution in [0.1, 0.15) is 36.5 Å². The smallest absolute Gasteiger partial charge is 0.265 e. The summed E-state index contributed by atoms with van der Waals surface area (Å²) in [6.45, 7) is 7.00. The van der Waals surface area contributed by atoms with E-state index in [-0.39, 0.29) is 74.3 Å². The molecule has 4 amide bonds. The van der Waals surface area contributed by atoms with Gasteiger partial charge in [-0.25, -0.2) is 10.0 Å². The number of nitrogens with zero attached hydrogens (tertiary/aromatic N) is 4. The molecule has 338 valence electrons. The number of phenols is 1. The van der Waals surface area contributed by atoms with Crippen molar-refractivity contribution in [1.29, 1.82) is 0 Å². The molecule has 2 heterocycles. The number of phenolic OH excluding ortho intramolecular Hbond substituents is 1. The van der Waals surface area contributed by atoms with Crippen molar-refractivity contribution >= 4 is 139 Å². The largest absolute Gasteiger partial charge is 0.508 e. The molecule has 5 aromatic carbocycles. The fraction of sp³-hybridized carbons (Fsp3) is 0.182. The van der Waals surface area contributed by atoms with Crippen molar-refractivity contribution in [2.24, 2.45) is 10.1 Å². The van der Waals surface area contributed by atoms with E-state index in [0.717, 1.165) is 16.1 Å². The maximum atomic E-state index is 12.7. The number of nitrogens with one attached hydrogen (secondary N) is 3. The van der Waals surface area contributed by atoms with Gasteiger partial charge in [-0.1, -0.05) is 98.9 Å². The molecule has 0 aromatic heterocycles. The van der Waals surface area contributed by atoms with Gasteiger partial charge in [0.15, 0.2) is 12.7 Å². The van der Waals surface area contributed by atoms with E-state index < -0.39 is 17.9 Å². The van der Waals surface area contributed by atoms with Crippen molar-refractivity contribution < 1.29 is 33.8 Å². The van der Waals surface area contributed by atoms with Gasteiger partial charge < -0.3 is 25.2 Å². The first-order valence-corrected chi connectivity index (χ1v) is 21.8. The van der Waals surface area contributed by atoms with E-state index in [1.807, 2.05) is 26.0 Å². The summed E-state index contributed by atoms with van der Waals surface area (Å²) in [5.74, 6) is 0.146. The average Bonchev–Trinajstić information content (AvgIpc) is 3.76. The molecule has 0 spiro atoms. The van der Waals surface area contributed by atoms with Gasteiger partial charge in [-0.15, -0.1) is 0 Å². The molecule has 0 bridgehead atoms. The molecule has 5 aromatic rings. The molecule has 21 heteroatoms. The highest BCUT2D eigenvalue weighted by Crippen LogP contribution is 2.39. The molecule has 0 aliphatic carbocycles. The summed E-state index contributed by atoms with van der Waals surface area (Å²) in [5, 5.41) is 23.1. The fourth-order valence-corrected chi connectivity index (χ4v) is 8.31. The van der Waals surface area contributed by atoms with E-state index in [1.54, 1.807) is 50.2 Å². The first-order valence-electron chi connectivity index (χ1n) is 19.2. The Morgan fingerprint density at radius 3 is 2.05 bits per heavy atom. The van der Waals surface area contributed by atoms with Crippen LogP contribution in [0, 0.1) is 20.8 Å². The van der Waals surface area contributed by atoms with Gasteiger partial charge >= 0.3 is 0 Å². The number of benzene rings is 5. The zero-order valence-corrected chi connectivity index (χ0v) is 39.8. The summed E-state index contributed by atoms with van der Waals surface area (Å²) in [7, 11) is 0. The number of hydrazine groups is 1. The molecule has 1 unspecified atom stereocenters. The Balaban J connectivity index is 0.000000224. The van der Waals surface area contributed by atoms with Crippen molar-refractivity contribution in [1.82, 2.24) is 10.7 Å². The van der Waals surface area contributed by atoms with Crippen LogP contribution in [-0.2, 0) is 19.2 Å². The van der Waals surface area contributed by atoms with Crippen molar-refractivity contribution in [3.8, 4) is 17.2 Å². The van der Waals surface area contributed by atoms with Crippen molar-refractivity contribution in [2.45, 2.75) is 46.6 Å². The number of carbonyl (C=O) groups excluding carboxylic acids is 4. The second-order valence-corrected chi connectivity index (χ2v) is 17.3. The third-order valence-corrected chi connectivity index (χ3v) is 11.2. The molecule has 0 radical (unpaired) electrons. The number of hydrogen-bond acceptors (Lipinski definition) is 9. The van der Waals surface area contributed by atoms with Crippen LogP contribution in [-0.4, -0.2) is 53.1 Å². The van der Waals surface area contributed by atoms with Gasteiger partial charge in [0.1, 0.15) is 40.3 Å². The monoisotopic (exact) mass is 1020 g/mol. The summed E-state index contributed by atoms with van der Waals surface area (Å²) in [6, 6.07) is 21.0. The van der Waals surface area contributed by atoms with Crippen LogP contribution in [0.3, 0.4) is 0 Å². The van der Waals surface area contributed by atoms with Gasteiger partial charge in [0.05, 0.1) is 43.6 Å². The summed E-state index contributed by atoms with van der Waals surface area (Å²) < 4.78 is 11.2. The number of aliphatic imine (C=N–C) groups is 1. The van der Waals surface area contributed by atoms with Crippen molar-refractivity contribution in [3.63, 3.8) is 0 Å². The van der Waals surface area contributed by atoms with E-state index in [2.05, 4.69) is 26.2 Å². The number of carbonyl (C=O) groups is 4. The first kappa shape index (κ1) is 49.0. The number of anilines is 3. The molecule has 1 saturated heterocycles. The minimum atomic E-state index is -0.828. The lowest BCUT2D eigenvalue weighted by molar-refractivity contribution is -0.122. The number of amidine groups is 2. The zero-order valence-electron chi connectivity index (χ0n) is 34.5. The van der Waals surface area contributed by atoms with E-state index in [1.165, 1.54) is 35.3 Å². The topological polar surface area (TPSA) is 174 Å². The number of amides is 4. The standard InChI is InChI=1S/C25H20Cl4N4O4.C19H16Cl3N3O3/c1-12-7-16(4-6-21(12)34)37-13(2)25(36)30-15-3-5-17(27)20(10-15)31-22-11-23(35)33(32-22)24-18(28)8-14(26)9-19(24)29;1-10-3-4-15(11(2)5-10)28-9-17(26)23-16-8-18(27)25(24-16)19-13(21)6-12(20)7-14(19)22/h3-10,13,34H,11H2,1-2H3,(H,30,36)(H,31,32);3-7H,8-9H2,1-2H3,(H,23,24,26). The molecule has 0 saturated carbocycles. The normalized spacial score (nSPS) is 14.4. The van der Waals surface area contributed by atoms with Gasteiger partial charge in [0.2, 0.25) is 0 Å². The summed E-state index contributed by atoms with van der Waals surface area (Å²) >= 11 is 42.9. The highest BCUT2D eigenvalue weighted by atomic mass is 35.5. The van der Waals surface area contributed by atoms with E-state index in [0.29, 0.717) is 49.3 Å². The Labute approximate surface area is 407 Å². The Kier molecular flexibility index (Phi) is 16.0. The third kappa shape index (κ3) is 12.5. The number of aromatic hydroxyl groups is 1. The number of hydrogen-bond donors (Lipinski definition) is 4. The van der Waals surface area contributed by atoms with Gasteiger partial charge in [-0.3, -0.25) is 24.6 Å². The maximum absolute atomic E-state index is 12.7. The van der Waals surface area contributed by atoms with Crippen LogP contribution in [0.4, 0.5) is 22.7 Å². The maximum Gasteiger partial charge on any atom is 0.265 e. The number of ether oxygens (including phenoxy) is 2. The molecule has 4 N–H and O–H groups in total. The second-order valence-electron chi connectivity index (χ2n) is 14.4. The van der Waals surface area contributed by atoms with Crippen molar-refractivity contribution in [2.75, 3.05) is 21.9 Å². The molecular weight excluding hydrogens is 987 g/mol. The molecule has 1 fully saturated rings. The Morgan fingerprint density at radius 2 is 1.42 bits per heavy atom. The SMILES string of the molecule is Cc1cc(OC(C)C(=O)Nc2ccc(Cl)c(N=C3CC(=O)N(c4c(Cl)cc(Cl)cc4Cl)N3)c2)ccc1O.Cc1ccc(OCC(=O)NC2=NN(c3c(Cl)cc(Cl)cc3Cl)C(=O)C2)c(C)c1. The van der Waals surface area contributed by atoms with E-state index in [4.69, 9.17) is 90.7 Å². The van der Waals surface area contributed by atoms with Gasteiger partial charge in [-0.05, 0) is 106 Å². The predicted molar refractivity (Wildman–Crippen MR) is 257 cm³/mol. The van der Waals surface area contributed by atoms with Gasteiger partial charge in [0, 0.05) is 15.7 Å². The summed E-state index contributed by atoms with van der Waals surface area (Å²) in [4.78, 5) is 54.2. The lowest BCUT2D eigenvalue weighted by Gasteiger charge is -2.19. The quantitative estimate of drug-likeness (QED) is 0.107. The molecule has 7 rings (SSSR count). The molecule has 2 aliphatic rings. The minimum Gasteiger partial charge on any atom is -0.508 e. The lowest BCUT2D eigenvalue weighted by Crippen LogP contribution is -2.36. The van der Waals surface area contributed by atoms with Crippen LogP contribution in [0.5, 0.6) is 17.2 Å². The first-order chi connectivity index (χ1) is 30.8. The molecule has 1 atom stereocenters. The van der Waals surface area contributed by atoms with Crippen LogP contribution < -0.4 is 35.6 Å². The number of halogens is 7. The molecule has 65 heavy (non-hydrogen) atoms. The molecular formula is C44H36Cl7N7O7. The van der Waals surface area contributed by atoms with Crippen LogP contribution >= 0.6 is 81.2 Å². The Bertz CT molecular complexity index is 2740. The minimum absolute atomic E-state index is 0.0564. The fourth-order valence-electron chi connectivity index (χ4n) is 6.18. The predicted octanol–water partition coefficient (Wildman–Crippen LogP) is 11.2. The average molecular weight is 1020 g/mol. The number of hydrazone groups is 1. The van der Waals surface area contributed by atoms with E-state index in [9.17, 15) is 24.3 Å². The summed E-state index contributed by atoms with van der Waals surface area (Å²) in [6.07, 6.45) is -0.977. The van der Waals surface area contributed by atoms with Crippen LogP contribution in [0.2, 0.25) is 35.2 Å². The van der Waals surface area contributed by atoms with Gasteiger partial charge in [-0.2, -0.15) is 10.1 Å². The van der Waals surface area contributed by atoms with Crippen LogP contribution in [0.25, 0.3) is 0 Å². The second kappa shape index (κ2) is 21.2. The molecule has 2 aliphatic heterocycles. The third-order valence-electron chi connectivity index (χ3n) is 9.28. The zero-order chi connectivity index (χ0) is 47.3. The Morgan fingerprint density at radius 1 is 0.769 bits per heavy atom. The number of rotatable bonds is 10. The van der Waals surface area contributed by atoms with Crippen LogP contribution in [0.15, 0.2) is 89.0 Å².